The summed E-state index contributed by atoms with van der Waals surface area (Å²) in [5.41, 5.74) is 2.94. The number of carbonyl (C=O) groups excluding carboxylic acids is 1. The topological polar surface area (TPSA) is 56.5 Å². The summed E-state index contributed by atoms with van der Waals surface area (Å²) in [7, 11) is 0. The first kappa shape index (κ1) is 15.9. The van der Waals surface area contributed by atoms with Gasteiger partial charge in [-0.25, -0.2) is 4.79 Å². The summed E-state index contributed by atoms with van der Waals surface area (Å²) in [5.74, 6) is 0.513. The van der Waals surface area contributed by atoms with E-state index in [-0.39, 0.29) is 12.2 Å². The van der Waals surface area contributed by atoms with Gasteiger partial charge in [0, 0.05) is 11.1 Å². The molecular weight excluding hydrogens is 340 g/mol. The summed E-state index contributed by atoms with van der Waals surface area (Å²) in [4.78, 5) is 24.5. The molecule has 5 heteroatoms. The molecule has 0 aliphatic carbocycles. The monoisotopic (exact) mass is 354 g/mol. The molecule has 0 N–H and O–H groups in total. The highest BCUT2D eigenvalue weighted by Gasteiger charge is 2.31. The predicted octanol–water partition coefficient (Wildman–Crippen LogP) is 4.77. The van der Waals surface area contributed by atoms with E-state index in [1.54, 1.807) is 18.2 Å². The van der Waals surface area contributed by atoms with Crippen LogP contribution in [0, 0.1) is 13.8 Å². The molecule has 0 fully saturated rings. The minimum atomic E-state index is -0.416. The zero-order chi connectivity index (χ0) is 17.7. The third-order valence-corrected chi connectivity index (χ3v) is 4.79. The summed E-state index contributed by atoms with van der Waals surface area (Å²) >= 11 is 5.95. The van der Waals surface area contributed by atoms with Gasteiger partial charge in [0.2, 0.25) is 0 Å². The largest absolute Gasteiger partial charge is 0.484 e. The highest BCUT2D eigenvalue weighted by atomic mass is 35.5. The second kappa shape index (κ2) is 5.74. The molecule has 0 saturated carbocycles. The lowest BCUT2D eigenvalue weighted by molar-refractivity contribution is 0.0852. The summed E-state index contributed by atoms with van der Waals surface area (Å²) in [5, 5.41) is 1.30. The first-order chi connectivity index (χ1) is 11.9. The lowest BCUT2D eigenvalue weighted by atomic mass is 9.91. The molecule has 126 valence electrons. The van der Waals surface area contributed by atoms with Crippen LogP contribution in [0.4, 0.5) is 0 Å². The highest BCUT2D eigenvalue weighted by Crippen LogP contribution is 2.42. The van der Waals surface area contributed by atoms with Crippen LogP contribution in [0.25, 0.3) is 11.0 Å². The first-order valence-electron chi connectivity index (χ1n) is 7.97. The molecule has 1 aromatic heterocycles. The third-order valence-electron chi connectivity index (χ3n) is 4.53. The van der Waals surface area contributed by atoms with Crippen molar-refractivity contribution in [1.82, 2.24) is 0 Å². The van der Waals surface area contributed by atoms with Crippen LogP contribution in [0.2, 0.25) is 5.02 Å². The fourth-order valence-corrected chi connectivity index (χ4v) is 3.51. The minimum absolute atomic E-state index is 0.0196. The summed E-state index contributed by atoms with van der Waals surface area (Å²) in [6.45, 7) is 3.64. The second-order valence-corrected chi connectivity index (χ2v) is 6.74. The average molecular weight is 355 g/mol. The van der Waals surface area contributed by atoms with Crippen LogP contribution in [0.15, 0.2) is 45.6 Å². The molecule has 0 saturated heterocycles. The van der Waals surface area contributed by atoms with Crippen molar-refractivity contribution >= 4 is 28.4 Å². The van der Waals surface area contributed by atoms with Crippen molar-refractivity contribution in [2.75, 3.05) is 0 Å². The standard InChI is InChI=1S/C20H15ClO4/c1-10-7-16-19(11(2)8-17(23)24-16)20-18(10)14(22)9-15(25-20)12-3-5-13(21)6-4-12/h3-8,15H,9H2,1-2H3/t15-/m0/s1. The number of ketones is 1. The van der Waals surface area contributed by atoms with Crippen LogP contribution in [-0.2, 0) is 0 Å². The Morgan fingerprint density at radius 3 is 2.48 bits per heavy atom. The number of Topliss-reactive ketones (excluding diaryl/α,β-unsaturated/α-hetero) is 1. The Bertz CT molecular complexity index is 1060. The summed E-state index contributed by atoms with van der Waals surface area (Å²) in [6.07, 6.45) is -0.134. The van der Waals surface area contributed by atoms with Crippen molar-refractivity contribution in [3.63, 3.8) is 0 Å². The lowest BCUT2D eigenvalue weighted by Gasteiger charge is -2.28. The Hall–Kier alpha value is -2.59. The molecule has 4 nitrogen and oxygen atoms in total. The predicted molar refractivity (Wildman–Crippen MR) is 95.7 cm³/mol. The molecule has 1 aliphatic heterocycles. The SMILES string of the molecule is Cc1cc2oc(=O)cc(C)c2c2c1C(=O)C[C@@H](c1ccc(Cl)cc1)O2. The number of aryl methyl sites for hydroxylation is 2. The molecule has 1 atom stereocenters. The van der Waals surface area contributed by atoms with Gasteiger partial charge in [-0.2, -0.15) is 0 Å². The van der Waals surface area contributed by atoms with Gasteiger partial charge in [-0.1, -0.05) is 23.7 Å². The molecule has 1 aliphatic rings. The average Bonchev–Trinajstić information content (AvgIpc) is 2.54. The van der Waals surface area contributed by atoms with Gasteiger partial charge in [0.05, 0.1) is 17.4 Å². The van der Waals surface area contributed by atoms with Gasteiger partial charge >= 0.3 is 5.63 Å². The van der Waals surface area contributed by atoms with Gasteiger partial charge in [0.25, 0.3) is 0 Å². The Morgan fingerprint density at radius 2 is 1.76 bits per heavy atom. The van der Waals surface area contributed by atoms with Crippen LogP contribution >= 0.6 is 11.6 Å². The van der Waals surface area contributed by atoms with Crippen LogP contribution < -0.4 is 10.4 Å². The normalized spacial score (nSPS) is 16.6. The van der Waals surface area contributed by atoms with Crippen molar-refractivity contribution in [1.29, 1.82) is 0 Å². The van der Waals surface area contributed by atoms with E-state index in [4.69, 9.17) is 20.8 Å². The quantitative estimate of drug-likeness (QED) is 0.591. The van der Waals surface area contributed by atoms with Crippen LogP contribution in [0.5, 0.6) is 5.75 Å². The molecule has 2 aromatic carbocycles. The Kier molecular flexibility index (Phi) is 3.65. The van der Waals surface area contributed by atoms with E-state index in [1.807, 2.05) is 26.0 Å². The molecule has 0 unspecified atom stereocenters. The van der Waals surface area contributed by atoms with E-state index in [2.05, 4.69) is 0 Å². The molecular formula is C20H15ClO4. The number of fused-ring (bicyclic) bond motifs is 3. The zero-order valence-electron chi connectivity index (χ0n) is 13.8. The molecule has 0 amide bonds. The van der Waals surface area contributed by atoms with Crippen LogP contribution in [0.1, 0.15) is 39.6 Å². The number of ether oxygens (including phenoxy) is 1. The number of hydrogen-bond donors (Lipinski definition) is 0. The number of benzene rings is 2. The van der Waals surface area contributed by atoms with Crippen LogP contribution in [0.3, 0.4) is 0 Å². The molecule has 0 radical (unpaired) electrons. The van der Waals surface area contributed by atoms with Crippen LogP contribution in [-0.4, -0.2) is 5.78 Å². The van der Waals surface area contributed by atoms with Crippen molar-refractivity contribution in [3.05, 3.63) is 74.1 Å². The number of carbonyl (C=O) groups is 1. The summed E-state index contributed by atoms with van der Waals surface area (Å²) < 4.78 is 11.5. The lowest BCUT2D eigenvalue weighted by Crippen LogP contribution is -2.22. The number of rotatable bonds is 1. The molecule has 2 heterocycles. The van der Waals surface area contributed by atoms with Crippen molar-refractivity contribution in [2.24, 2.45) is 0 Å². The van der Waals surface area contributed by atoms with Crippen molar-refractivity contribution in [2.45, 2.75) is 26.4 Å². The third kappa shape index (κ3) is 2.63. The second-order valence-electron chi connectivity index (χ2n) is 6.30. The molecule has 3 aromatic rings. The molecule has 4 rings (SSSR count). The molecule has 0 spiro atoms. The van der Waals surface area contributed by atoms with Gasteiger partial charge in [0.1, 0.15) is 17.4 Å². The highest BCUT2D eigenvalue weighted by molar-refractivity contribution is 6.30. The van der Waals surface area contributed by atoms with E-state index in [0.717, 1.165) is 16.7 Å². The van der Waals surface area contributed by atoms with E-state index in [0.29, 0.717) is 27.3 Å². The first-order valence-corrected chi connectivity index (χ1v) is 8.35. The maximum Gasteiger partial charge on any atom is 0.336 e. The maximum absolute atomic E-state index is 12.8. The van der Waals surface area contributed by atoms with Gasteiger partial charge in [-0.05, 0) is 48.7 Å². The zero-order valence-corrected chi connectivity index (χ0v) is 14.5. The van der Waals surface area contributed by atoms with E-state index in [1.165, 1.54) is 6.07 Å². The minimum Gasteiger partial charge on any atom is -0.484 e. The fourth-order valence-electron chi connectivity index (χ4n) is 3.38. The van der Waals surface area contributed by atoms with Gasteiger partial charge in [0.15, 0.2) is 5.78 Å². The van der Waals surface area contributed by atoms with Crippen molar-refractivity contribution < 1.29 is 13.9 Å². The van der Waals surface area contributed by atoms with Gasteiger partial charge in [-0.3, -0.25) is 4.79 Å². The van der Waals surface area contributed by atoms with Gasteiger partial charge < -0.3 is 9.15 Å². The fraction of sp³-hybridized carbons (Fsp3) is 0.200. The summed E-state index contributed by atoms with van der Waals surface area (Å²) in [6, 6.07) is 10.4. The van der Waals surface area contributed by atoms with Gasteiger partial charge in [-0.15, -0.1) is 0 Å². The Balaban J connectivity index is 1.93. The van der Waals surface area contributed by atoms with E-state index < -0.39 is 11.7 Å². The number of hydrogen-bond acceptors (Lipinski definition) is 4. The number of halogens is 1. The molecule has 0 bridgehead atoms. The van der Waals surface area contributed by atoms with E-state index in [9.17, 15) is 9.59 Å². The maximum atomic E-state index is 12.8. The Labute approximate surface area is 149 Å². The van der Waals surface area contributed by atoms with E-state index >= 15 is 0 Å². The Morgan fingerprint density at radius 1 is 1.04 bits per heavy atom. The molecule has 25 heavy (non-hydrogen) atoms. The van der Waals surface area contributed by atoms with Crippen molar-refractivity contribution in [3.8, 4) is 5.75 Å². The smallest absolute Gasteiger partial charge is 0.336 e.